The first-order chi connectivity index (χ1) is 65.9. The lowest BCUT2D eigenvalue weighted by molar-refractivity contribution is -0.400. The van der Waals surface area contributed by atoms with Gasteiger partial charge >= 0.3 is 7.12 Å². The van der Waals surface area contributed by atoms with Crippen LogP contribution in [0.1, 0.15) is 33.3 Å². The Balaban J connectivity index is 0.000000136. The van der Waals surface area contributed by atoms with Crippen LogP contribution in [0.2, 0.25) is 52.4 Å². The summed E-state index contributed by atoms with van der Waals surface area (Å²) < 4.78 is 25.0. The molecular formula is C106H90BBr11I2N6O10Si4. The van der Waals surface area contributed by atoms with E-state index < -0.39 is 52.0 Å². The zero-order valence-corrected chi connectivity index (χ0v) is 103. The lowest BCUT2D eigenvalue weighted by atomic mass is 9.78. The molecule has 5 aliphatic heterocycles. The molecule has 1 saturated heterocycles. The third kappa shape index (κ3) is 24.9. The summed E-state index contributed by atoms with van der Waals surface area (Å²) in [4.78, 5) is 41.0. The molecule has 16 nitrogen and oxygen atoms in total. The molecule has 0 spiro atoms. The summed E-state index contributed by atoms with van der Waals surface area (Å²) >= 11 is 41.7. The Kier molecular flexibility index (Phi) is 36.0. The topological polar surface area (TPSA) is 243 Å². The van der Waals surface area contributed by atoms with Crippen LogP contribution in [0.15, 0.2) is 347 Å². The maximum Gasteiger partial charge on any atom is 0.494 e. The number of rotatable bonds is 9. The summed E-state index contributed by atoms with van der Waals surface area (Å²) in [7, 11) is -6.55. The number of halogens is 13. The molecule has 0 unspecified atom stereocenters. The van der Waals surface area contributed by atoms with Crippen molar-refractivity contribution in [1.82, 2.24) is 0 Å². The van der Waals surface area contributed by atoms with E-state index >= 15 is 0 Å². The van der Waals surface area contributed by atoms with Gasteiger partial charge in [-0.2, -0.15) is 0 Å². The molecule has 20 rings (SSSR count). The van der Waals surface area contributed by atoms with Crippen molar-refractivity contribution in [2.24, 2.45) is 0 Å². The Labute approximate surface area is 938 Å². The largest absolute Gasteiger partial charge is 0.494 e. The maximum absolute atomic E-state index is 11.1. The second-order valence-corrected chi connectivity index (χ2v) is 66.1. The van der Waals surface area contributed by atoms with Gasteiger partial charge in [-0.05, 0) is 318 Å². The molecule has 0 aliphatic carbocycles. The molecule has 714 valence electrons. The molecule has 1 fully saturated rings. The van der Waals surface area contributed by atoms with Gasteiger partial charge in [-0.15, -0.1) is 0 Å². The molecule has 5 heterocycles. The minimum Gasteiger partial charge on any atom is -0.399 e. The van der Waals surface area contributed by atoms with Crippen LogP contribution in [-0.4, -0.2) is 70.3 Å². The number of fused-ring (bicyclic) bond motifs is 12. The molecule has 0 radical (unpaired) electrons. The fourth-order valence-electron chi connectivity index (χ4n) is 17.5. The third-order valence-corrected chi connectivity index (χ3v) is 47.0. The molecule has 0 aromatic heterocycles. The molecule has 15 aromatic rings. The fraction of sp³-hybridized carbons (Fsp3) is 0.132. The summed E-state index contributed by atoms with van der Waals surface area (Å²) in [5.74, 6) is 0. The third-order valence-electron chi connectivity index (χ3n) is 25.5. The lowest BCUT2D eigenvalue weighted by Gasteiger charge is -2.32. The Hall–Kier alpha value is -7.17. The Morgan fingerprint density at radius 2 is 0.550 bits per heavy atom. The van der Waals surface area contributed by atoms with Crippen molar-refractivity contribution < 1.29 is 29.0 Å². The van der Waals surface area contributed by atoms with Crippen molar-refractivity contribution >= 4 is 341 Å². The SMILES string of the molecule is Brc1ccc(-c2ccc(Br)cc2I)c(I)c1.CC1(C)OB(c2ccc3c(c2)[Si](C)(C)c2ccccc2-3)OC1(C)C.C[Si]1(C)c2cc(Br)ccc2-c2ccc(Br)cc21.C[Si]1(C)c2ccccc2-c2ccc(/C=C\[N+](=O)[O-])cc21.C[Si]1(C)c2ccccc2-c2ccc(Br)cc21.Nc1cc(Br)ccc1-c1ccc(Br)cc1N.O=[N+]([O-])c1cc(Br)ccc1-c1ccc(Br)cc1[N+](=O)[O-].O=[N+]([O-])c1cc(Br)ccc1Br. The number of anilines is 2. The monoisotopic (exact) mass is 2850 g/mol. The molecule has 0 bridgehead atoms. The predicted octanol–water partition coefficient (Wildman–Crippen LogP) is 30.7. The van der Waals surface area contributed by atoms with Crippen molar-refractivity contribution in [1.29, 1.82) is 0 Å². The van der Waals surface area contributed by atoms with Gasteiger partial charge in [0.2, 0.25) is 6.20 Å². The zero-order chi connectivity index (χ0) is 102. The van der Waals surface area contributed by atoms with Crippen molar-refractivity contribution in [3.05, 3.63) is 400 Å². The average Bonchev–Trinajstić information content (AvgIpc) is 1.69. The van der Waals surface area contributed by atoms with E-state index in [1.807, 2.05) is 42.5 Å². The molecule has 0 atom stereocenters. The summed E-state index contributed by atoms with van der Waals surface area (Å²) in [6.07, 6.45) is 2.56. The van der Waals surface area contributed by atoms with Gasteiger partial charge in [0.25, 0.3) is 17.1 Å². The van der Waals surface area contributed by atoms with E-state index in [1.54, 1.807) is 51.1 Å². The first-order valence-corrected chi connectivity index (χ1v) is 66.4. The van der Waals surface area contributed by atoms with Crippen LogP contribution in [0.3, 0.4) is 0 Å². The molecule has 34 heteroatoms. The Bertz CT molecular complexity index is 7120. The van der Waals surface area contributed by atoms with Gasteiger partial charge in [-0.1, -0.05) is 363 Å². The zero-order valence-electron chi connectivity index (χ0n) is 77.4. The van der Waals surface area contributed by atoms with Gasteiger partial charge in [0, 0.05) is 98.6 Å². The lowest BCUT2D eigenvalue weighted by Crippen LogP contribution is -2.51. The predicted molar refractivity (Wildman–Crippen MR) is 647 cm³/mol. The first kappa shape index (κ1) is 110. The van der Waals surface area contributed by atoms with Crippen LogP contribution in [-0.2, 0) is 9.31 Å². The van der Waals surface area contributed by atoms with Gasteiger partial charge in [0.05, 0.1) is 46.5 Å². The van der Waals surface area contributed by atoms with Crippen LogP contribution in [0.5, 0.6) is 0 Å². The number of benzene rings is 15. The minimum absolute atomic E-state index is 0.0689. The number of nitrogens with zero attached hydrogens (tertiary/aromatic N) is 4. The average molecular weight is 2860 g/mol. The number of nitrogens with two attached hydrogens (primary N) is 2. The van der Waals surface area contributed by atoms with Crippen LogP contribution in [0, 0.1) is 47.6 Å². The second-order valence-electron chi connectivity index (χ2n) is 36.4. The maximum atomic E-state index is 11.1. The van der Waals surface area contributed by atoms with E-state index in [2.05, 4.69) is 495 Å². The highest BCUT2D eigenvalue weighted by atomic mass is 127. The van der Waals surface area contributed by atoms with Crippen molar-refractivity contribution in [3.63, 3.8) is 0 Å². The smallest absolute Gasteiger partial charge is 0.399 e. The van der Waals surface area contributed by atoms with E-state index in [4.69, 9.17) is 20.8 Å². The first-order valence-electron chi connectivity index (χ1n) is 43.6. The number of nitro groups is 4. The van der Waals surface area contributed by atoms with Crippen molar-refractivity contribution in [2.45, 2.75) is 91.3 Å². The Morgan fingerprint density at radius 3 is 0.879 bits per heavy atom. The van der Waals surface area contributed by atoms with E-state index in [1.165, 1.54) is 127 Å². The van der Waals surface area contributed by atoms with Crippen molar-refractivity contribution in [2.75, 3.05) is 11.5 Å². The molecule has 5 aliphatic rings. The van der Waals surface area contributed by atoms with E-state index in [9.17, 15) is 40.5 Å². The van der Waals surface area contributed by atoms with Gasteiger partial charge in [0.15, 0.2) is 0 Å². The highest BCUT2D eigenvalue weighted by Crippen LogP contribution is 2.43. The highest BCUT2D eigenvalue weighted by molar-refractivity contribution is 14.1. The van der Waals surface area contributed by atoms with Gasteiger partial charge in [0.1, 0.15) is 32.3 Å². The van der Waals surface area contributed by atoms with Crippen LogP contribution >= 0.6 is 220 Å². The molecule has 0 saturated carbocycles. The van der Waals surface area contributed by atoms with Gasteiger partial charge in [-0.25, -0.2) is 0 Å². The van der Waals surface area contributed by atoms with E-state index in [-0.39, 0.29) is 46.5 Å². The molecular weight excluding hydrogens is 2770 g/mol. The molecule has 0 amide bonds. The van der Waals surface area contributed by atoms with Gasteiger partial charge < -0.3 is 20.8 Å². The number of nitro benzene ring substituents is 3. The second kappa shape index (κ2) is 45.9. The summed E-state index contributed by atoms with van der Waals surface area (Å²) in [6, 6.07) is 97.2. The van der Waals surface area contributed by atoms with Crippen LogP contribution < -0.4 is 58.4 Å². The Morgan fingerprint density at radius 1 is 0.293 bits per heavy atom. The van der Waals surface area contributed by atoms with Crippen LogP contribution in [0.25, 0.3) is 84.0 Å². The van der Waals surface area contributed by atoms with Crippen LogP contribution in [0.4, 0.5) is 28.4 Å². The highest BCUT2D eigenvalue weighted by Gasteiger charge is 2.53. The number of hydrogen-bond donors (Lipinski definition) is 2. The quantitative estimate of drug-likeness (QED) is 0.0451. The van der Waals surface area contributed by atoms with Gasteiger partial charge in [-0.3, -0.25) is 40.5 Å². The fourth-order valence-corrected chi connectivity index (χ4v) is 37.1. The molecule has 140 heavy (non-hydrogen) atoms. The minimum atomic E-state index is -1.67. The normalized spacial score (nSPS) is 14.3. The summed E-state index contributed by atoms with van der Waals surface area (Å²) in [5, 5.41) is 55.0. The molecule has 4 N–H and O–H groups in total. The van der Waals surface area contributed by atoms with E-state index in [0.717, 1.165) is 46.2 Å². The standard InChI is InChI=1S/C20H25BO2Si.C16H15NO2Si.C14H12Br2Si.C14H13BrSi.C12H6Br2I2.C12H6Br2N2O4.C12H10Br2N2.C6H3Br2NO2/c1-19(2)20(3,4)23-21(22-19)14-11-12-16-15-9-7-8-10-17(15)24(5,6)18(16)13-14;1-20(2)15-6-4-3-5-13(15)14-8-7-12(11-16(14)20)9-10-17(18)19;1-17(2)13-7-9(15)3-5-11(13)12-6-4-10(16)8-14(12)17;1-16(2)13-6-4-3-5-11(13)12-8-7-10(15)9-14(12)16;13-7-1-3-9(11(15)5-7)10-4-2-8(14)6-12(10)16;13-7-1-3-9(11(5-7)15(17)18)10-4-2-8(14)6-12(10)16(19)20;13-7-1-3-9(11(15)5-7)10-4-2-8(14)6-12(10)16;7-4-1-2-5(8)6(3-4)9(10)11/h7-13H,1-6H3;3-11H,1-2H3;3-8H,1-2H3;3-9H,1-2H3;1-6H;1-6H;1-6H,15-16H2;1-3H/b;10-9-;;;;;;. The van der Waals surface area contributed by atoms with E-state index in [0.29, 0.717) is 29.3 Å². The van der Waals surface area contributed by atoms with Crippen molar-refractivity contribution in [3.8, 4) is 77.9 Å². The number of hydrogen-bond acceptors (Lipinski definition) is 12. The molecule has 15 aromatic carbocycles. The number of nitrogen functional groups attached to an aromatic ring is 2. The summed E-state index contributed by atoms with van der Waals surface area (Å²) in [6.45, 7) is 27.7. The summed E-state index contributed by atoms with van der Waals surface area (Å²) in [5.41, 5.74) is 30.5.